The predicted molar refractivity (Wildman–Crippen MR) is 137 cm³/mol. The quantitative estimate of drug-likeness (QED) is 0.461. The molecule has 1 N–H and O–H groups in total. The number of benzene rings is 3. The molecule has 0 saturated heterocycles. The summed E-state index contributed by atoms with van der Waals surface area (Å²) in [5.41, 5.74) is 4.48. The maximum Gasteiger partial charge on any atom is 0.259 e. The van der Waals surface area contributed by atoms with Crippen LogP contribution in [0, 0.1) is 13.8 Å². The zero-order valence-corrected chi connectivity index (χ0v) is 21.1. The van der Waals surface area contributed by atoms with Crippen LogP contribution in [0.5, 0.6) is 0 Å². The summed E-state index contributed by atoms with van der Waals surface area (Å²) in [7, 11) is -1.56. The number of rotatable bonds is 8. The van der Waals surface area contributed by atoms with Crippen LogP contribution in [0.25, 0.3) is 0 Å². The normalized spacial score (nSPS) is 14.8. The van der Waals surface area contributed by atoms with Gasteiger partial charge in [0.05, 0.1) is 38.4 Å². The number of nitrogens with zero attached hydrogens (tertiary/aromatic N) is 1. The fourth-order valence-electron chi connectivity index (χ4n) is 4.13. The highest BCUT2D eigenvalue weighted by atomic mass is 32.2. The molecular weight excluding hydrogens is 460 g/mol. The van der Waals surface area contributed by atoms with E-state index >= 15 is 0 Å². The molecule has 2 amide bonds. The van der Waals surface area contributed by atoms with E-state index in [0.717, 1.165) is 16.7 Å². The molecule has 0 radical (unpaired) electrons. The lowest BCUT2D eigenvalue weighted by molar-refractivity contribution is 0.0941. The minimum absolute atomic E-state index is 0.233. The van der Waals surface area contributed by atoms with Crippen LogP contribution >= 0.6 is 0 Å². The standard InChI is InChI=1S/C28H30N2O4S/c1-4-34-15-7-14-29-27(31)21-12-13-26-24(17-21)30(18-22-16-19(2)10-11-20(22)3)28(32)23-8-5-6-9-25(23)35(26)33/h5-6,8-13,16-17H,4,7,14-15,18H2,1-3H3,(H,29,31). The van der Waals surface area contributed by atoms with Gasteiger partial charge in [-0.05, 0) is 68.7 Å². The van der Waals surface area contributed by atoms with Gasteiger partial charge in [0.25, 0.3) is 11.8 Å². The summed E-state index contributed by atoms with van der Waals surface area (Å²) >= 11 is 0. The number of anilines is 1. The van der Waals surface area contributed by atoms with Crippen molar-refractivity contribution in [1.82, 2.24) is 5.32 Å². The third-order valence-corrected chi connectivity index (χ3v) is 7.56. The summed E-state index contributed by atoms with van der Waals surface area (Å²) < 4.78 is 18.9. The van der Waals surface area contributed by atoms with E-state index in [4.69, 9.17) is 4.74 Å². The highest BCUT2D eigenvalue weighted by Crippen LogP contribution is 2.36. The Morgan fingerprint density at radius 2 is 1.83 bits per heavy atom. The highest BCUT2D eigenvalue weighted by Gasteiger charge is 2.31. The molecule has 35 heavy (non-hydrogen) atoms. The van der Waals surface area contributed by atoms with Gasteiger partial charge in [-0.25, -0.2) is 4.21 Å². The van der Waals surface area contributed by atoms with Gasteiger partial charge >= 0.3 is 0 Å². The van der Waals surface area contributed by atoms with Gasteiger partial charge in [0.2, 0.25) is 0 Å². The Morgan fingerprint density at radius 3 is 2.63 bits per heavy atom. The van der Waals surface area contributed by atoms with Gasteiger partial charge in [0.1, 0.15) is 0 Å². The molecule has 1 atom stereocenters. The third kappa shape index (κ3) is 5.36. The van der Waals surface area contributed by atoms with Crippen LogP contribution in [-0.2, 0) is 22.1 Å². The van der Waals surface area contributed by atoms with Crippen LogP contribution in [0.1, 0.15) is 50.8 Å². The van der Waals surface area contributed by atoms with Gasteiger partial charge in [-0.2, -0.15) is 0 Å². The number of hydrogen-bond donors (Lipinski definition) is 1. The van der Waals surface area contributed by atoms with Crippen molar-refractivity contribution in [2.75, 3.05) is 24.7 Å². The molecule has 0 saturated carbocycles. The van der Waals surface area contributed by atoms with Gasteiger partial charge in [-0.1, -0.05) is 35.9 Å². The zero-order valence-electron chi connectivity index (χ0n) is 20.3. The van der Waals surface area contributed by atoms with Crippen LogP contribution < -0.4 is 10.2 Å². The zero-order chi connectivity index (χ0) is 24.9. The van der Waals surface area contributed by atoms with E-state index in [0.29, 0.717) is 59.3 Å². The summed E-state index contributed by atoms with van der Waals surface area (Å²) in [5, 5.41) is 2.90. The number of carbonyl (C=O) groups is 2. The number of ether oxygens (including phenoxy) is 1. The first kappa shape index (κ1) is 24.8. The van der Waals surface area contributed by atoms with Crippen molar-refractivity contribution < 1.29 is 18.5 Å². The summed E-state index contributed by atoms with van der Waals surface area (Å²) in [4.78, 5) is 29.3. The number of aryl methyl sites for hydroxylation is 2. The fraction of sp³-hybridized carbons (Fsp3) is 0.286. The molecule has 4 rings (SSSR count). The second-order valence-corrected chi connectivity index (χ2v) is 9.99. The minimum atomic E-state index is -1.56. The molecule has 1 unspecified atom stereocenters. The van der Waals surface area contributed by atoms with Gasteiger partial charge in [-0.3, -0.25) is 9.59 Å². The summed E-state index contributed by atoms with van der Waals surface area (Å²) in [6.07, 6.45) is 0.709. The molecule has 3 aromatic carbocycles. The molecule has 0 fully saturated rings. The van der Waals surface area contributed by atoms with Crippen molar-refractivity contribution in [2.45, 2.75) is 43.5 Å². The monoisotopic (exact) mass is 490 g/mol. The lowest BCUT2D eigenvalue weighted by Gasteiger charge is -2.24. The molecule has 1 aliphatic heterocycles. The van der Waals surface area contributed by atoms with Gasteiger partial charge < -0.3 is 15.0 Å². The predicted octanol–water partition coefficient (Wildman–Crippen LogP) is 4.79. The number of carbonyl (C=O) groups excluding carboxylic acids is 2. The number of hydrogen-bond acceptors (Lipinski definition) is 4. The smallest absolute Gasteiger partial charge is 0.259 e. The van der Waals surface area contributed by atoms with Crippen molar-refractivity contribution in [3.8, 4) is 0 Å². The summed E-state index contributed by atoms with van der Waals surface area (Å²) in [6.45, 7) is 7.97. The Hall–Kier alpha value is -3.29. The number of fused-ring (bicyclic) bond motifs is 2. The Balaban J connectivity index is 1.74. The SMILES string of the molecule is CCOCCCNC(=O)c1ccc2c(c1)N(Cc1cc(C)ccc1C)C(=O)c1ccccc1S2=O. The Morgan fingerprint density at radius 1 is 1.03 bits per heavy atom. The van der Waals surface area contributed by atoms with Gasteiger partial charge in [0, 0.05) is 25.3 Å². The van der Waals surface area contributed by atoms with Crippen LogP contribution in [0.4, 0.5) is 5.69 Å². The Kier molecular flexibility index (Phi) is 7.78. The Bertz CT molecular complexity index is 1290. The van der Waals surface area contributed by atoms with E-state index in [1.807, 2.05) is 32.9 Å². The van der Waals surface area contributed by atoms with E-state index in [1.54, 1.807) is 47.4 Å². The molecule has 6 nitrogen and oxygen atoms in total. The van der Waals surface area contributed by atoms with E-state index in [-0.39, 0.29) is 11.8 Å². The van der Waals surface area contributed by atoms with E-state index in [1.165, 1.54) is 0 Å². The maximum absolute atomic E-state index is 13.8. The molecule has 7 heteroatoms. The second kappa shape index (κ2) is 11.0. The maximum atomic E-state index is 13.8. The van der Waals surface area contributed by atoms with E-state index < -0.39 is 10.8 Å². The molecule has 0 aliphatic carbocycles. The lowest BCUT2D eigenvalue weighted by atomic mass is 10.0. The van der Waals surface area contributed by atoms with E-state index in [9.17, 15) is 13.8 Å². The Labute approximate surface area is 208 Å². The van der Waals surface area contributed by atoms with Gasteiger partial charge in [-0.15, -0.1) is 0 Å². The summed E-state index contributed by atoms with van der Waals surface area (Å²) in [6, 6.07) is 18.2. The van der Waals surface area contributed by atoms with Gasteiger partial charge in [0.15, 0.2) is 0 Å². The lowest BCUT2D eigenvalue weighted by Crippen LogP contribution is -2.31. The van der Waals surface area contributed by atoms with Crippen molar-refractivity contribution >= 4 is 28.3 Å². The molecule has 3 aromatic rings. The third-order valence-electron chi connectivity index (χ3n) is 6.06. The number of nitrogens with one attached hydrogen (secondary N) is 1. The average molecular weight is 491 g/mol. The molecule has 1 heterocycles. The first-order chi connectivity index (χ1) is 16.9. The van der Waals surface area contributed by atoms with Crippen LogP contribution in [0.15, 0.2) is 70.5 Å². The first-order valence-corrected chi connectivity index (χ1v) is 12.9. The van der Waals surface area contributed by atoms with Crippen molar-refractivity contribution in [3.05, 3.63) is 88.5 Å². The topological polar surface area (TPSA) is 75.7 Å². The minimum Gasteiger partial charge on any atom is -0.382 e. The van der Waals surface area contributed by atoms with Crippen molar-refractivity contribution in [2.24, 2.45) is 0 Å². The average Bonchev–Trinajstić information content (AvgIpc) is 2.95. The number of amides is 2. The fourth-order valence-corrected chi connectivity index (χ4v) is 5.47. The summed E-state index contributed by atoms with van der Waals surface area (Å²) in [5.74, 6) is -0.473. The largest absolute Gasteiger partial charge is 0.382 e. The first-order valence-electron chi connectivity index (χ1n) is 11.8. The van der Waals surface area contributed by atoms with Crippen LogP contribution in [-0.4, -0.2) is 35.8 Å². The molecule has 182 valence electrons. The highest BCUT2D eigenvalue weighted by molar-refractivity contribution is 7.85. The molecule has 0 spiro atoms. The van der Waals surface area contributed by atoms with Crippen LogP contribution in [0.3, 0.4) is 0 Å². The molecular formula is C28H30N2O4S. The van der Waals surface area contributed by atoms with Crippen molar-refractivity contribution in [3.63, 3.8) is 0 Å². The molecule has 0 bridgehead atoms. The van der Waals surface area contributed by atoms with E-state index in [2.05, 4.69) is 11.4 Å². The molecule has 1 aliphatic rings. The molecule has 0 aromatic heterocycles. The van der Waals surface area contributed by atoms with Crippen LogP contribution in [0.2, 0.25) is 0 Å². The second-order valence-electron chi connectivity index (χ2n) is 8.58. The van der Waals surface area contributed by atoms with Crippen molar-refractivity contribution in [1.29, 1.82) is 0 Å².